The number of alkyl halides is 1. The molecule has 0 spiro atoms. The van der Waals surface area contributed by atoms with Gasteiger partial charge in [0.1, 0.15) is 0 Å². The van der Waals surface area contributed by atoms with Crippen molar-refractivity contribution in [2.75, 3.05) is 25.1 Å². The molecule has 2 aromatic heterocycles. The number of halogens is 2. The minimum absolute atomic E-state index is 0.181. The van der Waals surface area contributed by atoms with Crippen molar-refractivity contribution in [1.82, 2.24) is 15.0 Å². The maximum atomic E-state index is 11.5. The Kier molecular flexibility index (Phi) is 5.87. The van der Waals surface area contributed by atoms with Gasteiger partial charge in [0, 0.05) is 6.20 Å². The summed E-state index contributed by atoms with van der Waals surface area (Å²) in [6, 6.07) is 3.43. The summed E-state index contributed by atoms with van der Waals surface area (Å²) in [5.41, 5.74) is 7.95. The van der Waals surface area contributed by atoms with Gasteiger partial charge >= 0.3 is 164 Å². The number of aromatic amines is 1. The van der Waals surface area contributed by atoms with Gasteiger partial charge in [0.2, 0.25) is 0 Å². The van der Waals surface area contributed by atoms with E-state index in [1.165, 1.54) is 6.20 Å². The minimum atomic E-state index is -1.01. The van der Waals surface area contributed by atoms with Crippen molar-refractivity contribution in [3.05, 3.63) is 35.1 Å². The van der Waals surface area contributed by atoms with Crippen LogP contribution in [0, 0.1) is 0 Å². The SMILES string of the molecule is [B][I-]C1CCN(c2ncc(-c3cc4c(C(=O)O)c[nH]c4cc3Cl)c(OC)n2)CC1. The number of H-pyrrole nitrogens is 1. The third-order valence-corrected chi connectivity index (χ3v) is 7.69. The van der Waals surface area contributed by atoms with Crippen molar-refractivity contribution in [1.29, 1.82) is 0 Å². The molecule has 7 nitrogen and oxygen atoms in total. The molecule has 29 heavy (non-hydrogen) atoms. The monoisotopic (exact) mass is 523 g/mol. The van der Waals surface area contributed by atoms with Crippen LogP contribution in [0.25, 0.3) is 22.0 Å². The fourth-order valence-corrected chi connectivity index (χ4v) is 5.09. The van der Waals surface area contributed by atoms with E-state index in [-0.39, 0.29) is 26.6 Å². The van der Waals surface area contributed by atoms with Crippen LogP contribution in [0.2, 0.25) is 5.02 Å². The number of piperidine rings is 1. The van der Waals surface area contributed by atoms with Gasteiger partial charge in [0.25, 0.3) is 0 Å². The van der Waals surface area contributed by atoms with E-state index >= 15 is 0 Å². The molecule has 150 valence electrons. The molecule has 4 rings (SSSR count). The molecule has 3 heterocycles. The normalized spacial score (nSPS) is 15.2. The summed E-state index contributed by atoms with van der Waals surface area (Å²) in [4.78, 5) is 25.7. The summed E-state index contributed by atoms with van der Waals surface area (Å²) in [5, 5.41) is 10.4. The Bertz CT molecular complexity index is 1070. The Hall–Kier alpha value is -2.01. The predicted octanol–water partition coefficient (Wildman–Crippen LogP) is 0.126. The van der Waals surface area contributed by atoms with Crippen LogP contribution in [-0.2, 0) is 0 Å². The van der Waals surface area contributed by atoms with E-state index in [1.807, 2.05) is 0 Å². The third kappa shape index (κ3) is 3.89. The molecular formula is C19H18BClIN4O3-. The fraction of sp³-hybridized carbons (Fsp3) is 0.316. The van der Waals surface area contributed by atoms with E-state index in [1.54, 1.807) is 25.4 Å². The number of ether oxygens (including phenoxy) is 1. The molecule has 0 aliphatic carbocycles. The summed E-state index contributed by atoms with van der Waals surface area (Å²) in [5.74, 6) is 0.00719. The van der Waals surface area contributed by atoms with Crippen molar-refractivity contribution < 1.29 is 35.6 Å². The van der Waals surface area contributed by atoms with E-state index in [2.05, 4.69) is 19.9 Å². The zero-order chi connectivity index (χ0) is 20.5. The molecule has 3 aromatic rings. The predicted molar refractivity (Wildman–Crippen MR) is 109 cm³/mol. The summed E-state index contributed by atoms with van der Waals surface area (Å²) in [7, 11) is 1.55. The second-order valence-corrected chi connectivity index (χ2v) is 9.65. The van der Waals surface area contributed by atoms with Crippen molar-refractivity contribution in [2.45, 2.75) is 16.8 Å². The number of aromatic carboxylic acids is 1. The number of hydrogen-bond donors (Lipinski definition) is 2. The van der Waals surface area contributed by atoms with Crippen LogP contribution < -0.4 is 30.6 Å². The molecule has 1 fully saturated rings. The summed E-state index contributed by atoms with van der Waals surface area (Å²) >= 11 is 6.26. The Labute approximate surface area is 184 Å². The molecule has 1 aliphatic heterocycles. The number of hydrogen-bond acceptors (Lipinski definition) is 5. The first-order valence-corrected chi connectivity index (χ1v) is 11.9. The molecule has 1 aromatic carbocycles. The van der Waals surface area contributed by atoms with Crippen LogP contribution >= 0.6 is 11.6 Å². The van der Waals surface area contributed by atoms with E-state index in [0.29, 0.717) is 42.8 Å². The molecule has 0 atom stereocenters. The number of rotatable bonds is 5. The maximum absolute atomic E-state index is 11.5. The van der Waals surface area contributed by atoms with E-state index < -0.39 is 5.97 Å². The summed E-state index contributed by atoms with van der Waals surface area (Å²) < 4.78 is 6.18. The Morgan fingerprint density at radius 2 is 2.14 bits per heavy atom. The number of methoxy groups -OCH3 is 1. The first kappa shape index (κ1) is 20.3. The average Bonchev–Trinajstić information content (AvgIpc) is 3.15. The first-order chi connectivity index (χ1) is 14.0. The van der Waals surface area contributed by atoms with E-state index in [9.17, 15) is 9.90 Å². The average molecular weight is 524 g/mol. The second kappa shape index (κ2) is 8.39. The number of nitrogens with zero attached hydrogens (tertiary/aromatic N) is 3. The summed E-state index contributed by atoms with van der Waals surface area (Å²) in [6.45, 7) is 1.75. The topological polar surface area (TPSA) is 91.3 Å². The van der Waals surface area contributed by atoms with Gasteiger partial charge in [0.15, 0.2) is 0 Å². The summed E-state index contributed by atoms with van der Waals surface area (Å²) in [6.07, 6.45) is 5.26. The standard InChI is InChI=1S/C19H18BClIN4O3/c1-29-17-13(8-24-19(25-17)26-4-2-10(22-20)3-5-26)11-6-12-14(18(27)28)9-23-16(12)7-15(11)21/h6-10,23H,2-5H2,1H3,(H,27,28)/q-1. The molecule has 0 unspecified atom stereocenters. The van der Waals surface area contributed by atoms with Gasteiger partial charge in [-0.1, -0.05) is 0 Å². The number of anilines is 1. The van der Waals surface area contributed by atoms with Crippen molar-refractivity contribution in [3.63, 3.8) is 0 Å². The molecule has 0 saturated carbocycles. The Morgan fingerprint density at radius 3 is 2.79 bits per heavy atom. The van der Waals surface area contributed by atoms with Crippen LogP contribution in [0.4, 0.5) is 5.95 Å². The zero-order valence-corrected chi connectivity index (χ0v) is 18.6. The van der Waals surface area contributed by atoms with Gasteiger partial charge in [-0.15, -0.1) is 0 Å². The third-order valence-electron chi connectivity index (χ3n) is 5.11. The Morgan fingerprint density at radius 1 is 1.38 bits per heavy atom. The van der Waals surface area contributed by atoms with Crippen molar-refractivity contribution in [3.8, 4) is 17.0 Å². The molecule has 1 aliphatic rings. The molecular weight excluding hydrogens is 505 g/mol. The van der Waals surface area contributed by atoms with Crippen LogP contribution in [-0.4, -0.2) is 55.9 Å². The van der Waals surface area contributed by atoms with Crippen LogP contribution in [0.3, 0.4) is 0 Å². The molecule has 0 bridgehead atoms. The number of benzene rings is 1. The molecule has 2 N–H and O–H groups in total. The van der Waals surface area contributed by atoms with Crippen LogP contribution in [0.1, 0.15) is 23.2 Å². The quantitative estimate of drug-likeness (QED) is 0.281. The van der Waals surface area contributed by atoms with Crippen LogP contribution in [0.5, 0.6) is 5.88 Å². The van der Waals surface area contributed by atoms with Gasteiger partial charge in [-0.2, -0.15) is 0 Å². The Balaban J connectivity index is 1.72. The number of aromatic nitrogens is 3. The molecule has 0 amide bonds. The van der Waals surface area contributed by atoms with Crippen molar-refractivity contribution >= 4 is 40.1 Å². The number of carboxylic acid groups (broad SMARTS) is 1. The van der Waals surface area contributed by atoms with Crippen LogP contribution in [0.15, 0.2) is 24.5 Å². The second-order valence-electron chi connectivity index (χ2n) is 6.77. The fourth-order valence-electron chi connectivity index (χ4n) is 3.55. The van der Waals surface area contributed by atoms with Gasteiger partial charge in [-0.25, -0.2) is 4.79 Å². The number of nitrogens with one attached hydrogen (secondary N) is 1. The van der Waals surface area contributed by atoms with E-state index in [0.717, 1.165) is 25.9 Å². The number of fused-ring (bicyclic) bond motifs is 1. The van der Waals surface area contributed by atoms with Gasteiger partial charge in [-0.05, 0) is 0 Å². The number of carboxylic acids is 1. The van der Waals surface area contributed by atoms with Gasteiger partial charge in [0.05, 0.1) is 0 Å². The first-order valence-electron chi connectivity index (χ1n) is 9.04. The van der Waals surface area contributed by atoms with Gasteiger partial charge in [-0.3, -0.25) is 0 Å². The molecule has 2 radical (unpaired) electrons. The zero-order valence-electron chi connectivity index (χ0n) is 15.7. The number of carbonyl (C=O) groups is 1. The molecule has 10 heteroatoms. The van der Waals surface area contributed by atoms with E-state index in [4.69, 9.17) is 22.0 Å². The van der Waals surface area contributed by atoms with Gasteiger partial charge < -0.3 is 10.1 Å². The van der Waals surface area contributed by atoms with Crippen molar-refractivity contribution in [2.24, 2.45) is 0 Å². The molecule has 1 saturated heterocycles.